The van der Waals surface area contributed by atoms with E-state index in [9.17, 15) is 4.79 Å². The lowest BCUT2D eigenvalue weighted by molar-refractivity contribution is -0.144. The van der Waals surface area contributed by atoms with E-state index in [0.29, 0.717) is 12.2 Å². The highest BCUT2D eigenvalue weighted by Crippen LogP contribution is 2.19. The largest absolute Gasteiger partial charge is 0.464 e. The Morgan fingerprint density at radius 1 is 1.58 bits per heavy atom. The van der Waals surface area contributed by atoms with E-state index in [1.54, 1.807) is 36.9 Å². The predicted octanol–water partition coefficient (Wildman–Crippen LogP) is 1.95. The van der Waals surface area contributed by atoms with Crippen molar-refractivity contribution in [2.75, 3.05) is 18.1 Å². The maximum absolute atomic E-state index is 11.8. The van der Waals surface area contributed by atoms with Crippen LogP contribution in [0.5, 0.6) is 0 Å². The summed E-state index contributed by atoms with van der Waals surface area (Å²) < 4.78 is 4.99. The molecule has 98 valence electrons. The van der Waals surface area contributed by atoms with Gasteiger partial charge in [0.15, 0.2) is 0 Å². The van der Waals surface area contributed by atoms with E-state index in [2.05, 4.69) is 12.0 Å². The molecular weight excluding hydrogens is 240 g/mol. The quantitative estimate of drug-likeness (QED) is 0.597. The van der Waals surface area contributed by atoms with Crippen molar-refractivity contribution in [3.63, 3.8) is 0 Å². The molecule has 0 fully saturated rings. The standard InChI is InChI=1S/C15H16N2O2/c1-4-9-17(12(3)15(18)19-5-2)14-8-6-7-13(10-14)11-16/h1,6-8,10,12H,5,9H2,2-3H3. The van der Waals surface area contributed by atoms with Crippen molar-refractivity contribution in [3.8, 4) is 18.4 Å². The molecule has 0 heterocycles. The van der Waals surface area contributed by atoms with Gasteiger partial charge in [0.2, 0.25) is 0 Å². The summed E-state index contributed by atoms with van der Waals surface area (Å²) in [6.07, 6.45) is 5.34. The second-order valence-electron chi connectivity index (χ2n) is 3.92. The zero-order valence-corrected chi connectivity index (χ0v) is 11.1. The monoisotopic (exact) mass is 256 g/mol. The van der Waals surface area contributed by atoms with Gasteiger partial charge < -0.3 is 9.64 Å². The van der Waals surface area contributed by atoms with Crippen molar-refractivity contribution in [1.82, 2.24) is 0 Å². The molecule has 1 atom stereocenters. The Kier molecular flexibility index (Phi) is 5.44. The molecule has 1 aromatic rings. The molecule has 4 nitrogen and oxygen atoms in total. The van der Waals surface area contributed by atoms with Gasteiger partial charge in [-0.05, 0) is 32.0 Å². The average molecular weight is 256 g/mol. The minimum Gasteiger partial charge on any atom is -0.464 e. The molecule has 0 aliphatic rings. The lowest BCUT2D eigenvalue weighted by atomic mass is 10.1. The normalized spacial score (nSPS) is 10.9. The van der Waals surface area contributed by atoms with Crippen LogP contribution in [0.3, 0.4) is 0 Å². The van der Waals surface area contributed by atoms with Crippen molar-refractivity contribution < 1.29 is 9.53 Å². The third-order valence-electron chi connectivity index (χ3n) is 2.66. The van der Waals surface area contributed by atoms with E-state index < -0.39 is 6.04 Å². The van der Waals surface area contributed by atoms with Crippen LogP contribution < -0.4 is 4.90 Å². The topological polar surface area (TPSA) is 53.3 Å². The zero-order valence-electron chi connectivity index (χ0n) is 11.1. The Balaban J connectivity index is 3.03. The summed E-state index contributed by atoms with van der Waals surface area (Å²) in [7, 11) is 0. The zero-order chi connectivity index (χ0) is 14.3. The average Bonchev–Trinajstić information content (AvgIpc) is 2.44. The van der Waals surface area contributed by atoms with Gasteiger partial charge in [0, 0.05) is 5.69 Å². The SMILES string of the molecule is C#CCN(c1cccc(C#N)c1)C(C)C(=O)OCC. The van der Waals surface area contributed by atoms with Gasteiger partial charge in [-0.2, -0.15) is 5.26 Å². The van der Waals surface area contributed by atoms with Crippen LogP contribution in [0.4, 0.5) is 5.69 Å². The third kappa shape index (κ3) is 3.76. The van der Waals surface area contributed by atoms with Gasteiger partial charge >= 0.3 is 5.97 Å². The van der Waals surface area contributed by atoms with Gasteiger partial charge in [0.1, 0.15) is 6.04 Å². The molecule has 0 spiro atoms. The molecule has 0 saturated heterocycles. The number of rotatable bonds is 5. The molecular formula is C15H16N2O2. The van der Waals surface area contributed by atoms with Crippen molar-refractivity contribution in [2.24, 2.45) is 0 Å². The number of hydrogen-bond acceptors (Lipinski definition) is 4. The molecule has 4 heteroatoms. The number of anilines is 1. The summed E-state index contributed by atoms with van der Waals surface area (Å²) in [6.45, 7) is 4.08. The second kappa shape index (κ2) is 7.08. The molecule has 0 saturated carbocycles. The highest BCUT2D eigenvalue weighted by molar-refractivity contribution is 5.80. The fourth-order valence-electron chi connectivity index (χ4n) is 1.69. The first-order valence-corrected chi connectivity index (χ1v) is 6.01. The first-order chi connectivity index (χ1) is 9.13. The molecule has 0 N–H and O–H groups in total. The van der Waals surface area contributed by atoms with Gasteiger partial charge in [0.05, 0.1) is 24.8 Å². The number of esters is 1. The van der Waals surface area contributed by atoms with Gasteiger partial charge in [-0.3, -0.25) is 0 Å². The third-order valence-corrected chi connectivity index (χ3v) is 2.66. The van der Waals surface area contributed by atoms with Crippen molar-refractivity contribution >= 4 is 11.7 Å². The van der Waals surface area contributed by atoms with E-state index >= 15 is 0 Å². The van der Waals surface area contributed by atoms with Crippen LogP contribution in [0.25, 0.3) is 0 Å². The highest BCUT2D eigenvalue weighted by Gasteiger charge is 2.22. The van der Waals surface area contributed by atoms with Crippen LogP contribution in [0, 0.1) is 23.7 Å². The number of ether oxygens (including phenoxy) is 1. The smallest absolute Gasteiger partial charge is 0.328 e. The summed E-state index contributed by atoms with van der Waals surface area (Å²) in [5.74, 6) is 2.18. The minimum absolute atomic E-state index is 0.273. The van der Waals surface area contributed by atoms with Crippen LogP contribution in [0.1, 0.15) is 19.4 Å². The van der Waals surface area contributed by atoms with E-state index in [1.807, 2.05) is 6.07 Å². The van der Waals surface area contributed by atoms with Crippen LogP contribution in [-0.4, -0.2) is 25.2 Å². The molecule has 1 unspecified atom stereocenters. The first-order valence-electron chi connectivity index (χ1n) is 6.01. The van der Waals surface area contributed by atoms with Crippen molar-refractivity contribution in [3.05, 3.63) is 29.8 Å². The Labute approximate surface area is 113 Å². The number of carbonyl (C=O) groups is 1. The predicted molar refractivity (Wildman–Crippen MR) is 73.4 cm³/mol. The maximum Gasteiger partial charge on any atom is 0.328 e. The highest BCUT2D eigenvalue weighted by atomic mass is 16.5. The molecule has 0 aliphatic heterocycles. The number of terminal acetylenes is 1. The van der Waals surface area contributed by atoms with E-state index in [0.717, 1.165) is 5.69 Å². The Morgan fingerprint density at radius 2 is 2.32 bits per heavy atom. The van der Waals surface area contributed by atoms with Gasteiger partial charge in [0.25, 0.3) is 0 Å². The molecule has 1 rings (SSSR count). The lowest BCUT2D eigenvalue weighted by Gasteiger charge is -2.28. The molecule has 1 aromatic carbocycles. The first kappa shape index (κ1) is 14.6. The van der Waals surface area contributed by atoms with Gasteiger partial charge in [-0.15, -0.1) is 6.42 Å². The molecule has 0 bridgehead atoms. The molecule has 0 aliphatic carbocycles. The van der Waals surface area contributed by atoms with E-state index in [4.69, 9.17) is 16.4 Å². The summed E-state index contributed by atoms with van der Waals surface area (Å²) >= 11 is 0. The van der Waals surface area contributed by atoms with Crippen LogP contribution in [0.2, 0.25) is 0 Å². The number of carbonyl (C=O) groups excluding carboxylic acids is 1. The molecule has 0 amide bonds. The second-order valence-corrected chi connectivity index (χ2v) is 3.92. The number of hydrogen-bond donors (Lipinski definition) is 0. The maximum atomic E-state index is 11.8. The molecule has 19 heavy (non-hydrogen) atoms. The van der Waals surface area contributed by atoms with Gasteiger partial charge in [-0.1, -0.05) is 12.0 Å². The number of benzene rings is 1. The summed E-state index contributed by atoms with van der Waals surface area (Å²) in [5, 5.41) is 8.91. The van der Waals surface area contributed by atoms with Crippen molar-refractivity contribution in [2.45, 2.75) is 19.9 Å². The van der Waals surface area contributed by atoms with Crippen molar-refractivity contribution in [1.29, 1.82) is 5.26 Å². The van der Waals surface area contributed by atoms with E-state index in [1.165, 1.54) is 0 Å². The fourth-order valence-corrected chi connectivity index (χ4v) is 1.69. The number of nitrogens with zero attached hydrogens (tertiary/aromatic N) is 2. The van der Waals surface area contributed by atoms with Crippen LogP contribution >= 0.6 is 0 Å². The fraction of sp³-hybridized carbons (Fsp3) is 0.333. The summed E-state index contributed by atoms with van der Waals surface area (Å²) in [4.78, 5) is 13.5. The summed E-state index contributed by atoms with van der Waals surface area (Å²) in [6, 6.07) is 8.54. The number of nitriles is 1. The minimum atomic E-state index is -0.495. The Bertz CT molecular complexity index is 526. The Morgan fingerprint density at radius 3 is 2.89 bits per heavy atom. The van der Waals surface area contributed by atoms with Crippen LogP contribution in [0.15, 0.2) is 24.3 Å². The van der Waals surface area contributed by atoms with Crippen LogP contribution in [-0.2, 0) is 9.53 Å². The van der Waals surface area contributed by atoms with E-state index in [-0.39, 0.29) is 12.5 Å². The Hall–Kier alpha value is -2.46. The molecule has 0 radical (unpaired) electrons. The molecule has 0 aromatic heterocycles. The summed E-state index contributed by atoms with van der Waals surface area (Å²) in [5.41, 5.74) is 1.26. The van der Waals surface area contributed by atoms with Gasteiger partial charge in [-0.25, -0.2) is 4.79 Å². The lowest BCUT2D eigenvalue weighted by Crippen LogP contribution is -2.40.